The van der Waals surface area contributed by atoms with Crippen LogP contribution < -0.4 is 16.4 Å². The Morgan fingerprint density at radius 1 is 1.10 bits per heavy atom. The van der Waals surface area contributed by atoms with Gasteiger partial charge in [0.25, 0.3) is 5.91 Å². The van der Waals surface area contributed by atoms with Crippen LogP contribution in [-0.2, 0) is 27.4 Å². The molecule has 0 spiro atoms. The topological polar surface area (TPSA) is 167 Å². The summed E-state index contributed by atoms with van der Waals surface area (Å²) in [5.74, 6) is -0.226. The molecular formula is C28H36N8O5. The van der Waals surface area contributed by atoms with Crippen molar-refractivity contribution in [2.75, 3.05) is 26.3 Å². The first-order chi connectivity index (χ1) is 19.7. The standard InChI is InChI=1S/C28H36N8O5/c1-28(2,29)26(38)31-23(19-40-18-20-9-5-3-6-10-20)24-32-33-34-36(24)15-16-41-27(39)35-14-13-22(17-35)30-25(37)21-11-7-4-8-12-21/h3-12,22-23H,13-19,29H2,1-2H3,(H,30,37)(H,31,38)/t22-,23-/m1/s1. The minimum Gasteiger partial charge on any atom is -0.447 e. The molecule has 0 bridgehead atoms. The van der Waals surface area contributed by atoms with Crippen molar-refractivity contribution in [2.24, 2.45) is 5.73 Å². The van der Waals surface area contributed by atoms with Crippen molar-refractivity contribution in [3.05, 3.63) is 77.6 Å². The molecule has 1 fully saturated rings. The number of amides is 3. The molecule has 3 aromatic rings. The molecule has 41 heavy (non-hydrogen) atoms. The SMILES string of the molecule is CC(C)(N)C(=O)N[C@H](COCc1ccccc1)c1nnnn1CCOC(=O)N1CC[C@@H](NC(=O)c2ccccc2)C1. The molecule has 13 nitrogen and oxygen atoms in total. The number of nitrogens with one attached hydrogen (secondary N) is 2. The Morgan fingerprint density at radius 2 is 1.80 bits per heavy atom. The first kappa shape index (κ1) is 29.6. The van der Waals surface area contributed by atoms with Crippen LogP contribution in [0.4, 0.5) is 4.79 Å². The maximum atomic E-state index is 12.7. The molecule has 1 aromatic heterocycles. The van der Waals surface area contributed by atoms with Gasteiger partial charge in [-0.2, -0.15) is 0 Å². The number of tetrazole rings is 1. The van der Waals surface area contributed by atoms with E-state index in [1.54, 1.807) is 43.0 Å². The van der Waals surface area contributed by atoms with Crippen molar-refractivity contribution < 1.29 is 23.9 Å². The number of nitrogens with two attached hydrogens (primary N) is 1. The Labute approximate surface area is 238 Å². The molecule has 2 heterocycles. The van der Waals surface area contributed by atoms with Gasteiger partial charge in [0.1, 0.15) is 12.6 Å². The lowest BCUT2D eigenvalue weighted by molar-refractivity contribution is -0.126. The molecule has 4 N–H and O–H groups in total. The lowest BCUT2D eigenvalue weighted by Crippen LogP contribution is -2.51. The Balaban J connectivity index is 1.29. The van der Waals surface area contributed by atoms with Crippen LogP contribution >= 0.6 is 0 Å². The maximum Gasteiger partial charge on any atom is 0.409 e. The number of hydrogen-bond donors (Lipinski definition) is 3. The number of carbonyl (C=O) groups is 3. The highest BCUT2D eigenvalue weighted by atomic mass is 16.6. The molecule has 13 heteroatoms. The normalized spacial score (nSPS) is 15.8. The minimum absolute atomic E-state index is 0.00232. The lowest BCUT2D eigenvalue weighted by Gasteiger charge is -2.24. The predicted molar refractivity (Wildman–Crippen MR) is 148 cm³/mol. The summed E-state index contributed by atoms with van der Waals surface area (Å²) >= 11 is 0. The number of carbonyl (C=O) groups excluding carboxylic acids is 3. The van der Waals surface area contributed by atoms with Crippen LogP contribution in [0.15, 0.2) is 60.7 Å². The fraction of sp³-hybridized carbons (Fsp3) is 0.429. The van der Waals surface area contributed by atoms with Gasteiger partial charge in [-0.3, -0.25) is 9.59 Å². The molecule has 2 aromatic carbocycles. The van der Waals surface area contributed by atoms with Crippen LogP contribution in [0.25, 0.3) is 0 Å². The van der Waals surface area contributed by atoms with Gasteiger partial charge in [-0.15, -0.1) is 5.10 Å². The maximum absolute atomic E-state index is 12.7. The number of rotatable bonds is 12. The van der Waals surface area contributed by atoms with Crippen LogP contribution in [0, 0.1) is 0 Å². The zero-order chi connectivity index (χ0) is 29.2. The van der Waals surface area contributed by atoms with E-state index in [1.165, 1.54) is 4.68 Å². The second-order valence-electron chi connectivity index (χ2n) is 10.4. The number of ether oxygens (including phenoxy) is 2. The number of aromatic nitrogens is 4. The number of likely N-dealkylation sites (tertiary alicyclic amines) is 1. The monoisotopic (exact) mass is 564 g/mol. The molecule has 1 aliphatic rings. The fourth-order valence-electron chi connectivity index (χ4n) is 4.23. The van der Waals surface area contributed by atoms with Crippen molar-refractivity contribution in [3.63, 3.8) is 0 Å². The molecule has 2 atom stereocenters. The van der Waals surface area contributed by atoms with Crippen molar-refractivity contribution in [1.29, 1.82) is 0 Å². The van der Waals surface area contributed by atoms with E-state index in [1.807, 2.05) is 36.4 Å². The average molecular weight is 565 g/mol. The van der Waals surface area contributed by atoms with Crippen LogP contribution in [0.5, 0.6) is 0 Å². The van der Waals surface area contributed by atoms with E-state index in [9.17, 15) is 14.4 Å². The van der Waals surface area contributed by atoms with Gasteiger partial charge in [0.15, 0.2) is 5.82 Å². The Hall–Kier alpha value is -4.36. The Kier molecular flexibility index (Phi) is 9.98. The Bertz CT molecular complexity index is 1300. The van der Waals surface area contributed by atoms with E-state index in [4.69, 9.17) is 15.2 Å². The molecule has 1 aliphatic heterocycles. The van der Waals surface area contributed by atoms with Gasteiger partial charge in [-0.25, -0.2) is 9.48 Å². The zero-order valence-corrected chi connectivity index (χ0v) is 23.2. The van der Waals surface area contributed by atoms with Crippen LogP contribution in [0.1, 0.15) is 48.1 Å². The number of hydrogen-bond acceptors (Lipinski definition) is 9. The summed E-state index contributed by atoms with van der Waals surface area (Å²) in [6.07, 6.45) is 0.143. The van der Waals surface area contributed by atoms with Gasteiger partial charge in [0, 0.05) is 24.7 Å². The molecule has 0 radical (unpaired) electrons. The summed E-state index contributed by atoms with van der Waals surface area (Å²) < 4.78 is 12.8. The molecule has 1 saturated heterocycles. The van der Waals surface area contributed by atoms with E-state index >= 15 is 0 Å². The molecule has 0 aliphatic carbocycles. The summed E-state index contributed by atoms with van der Waals surface area (Å²) in [5, 5.41) is 17.7. The summed E-state index contributed by atoms with van der Waals surface area (Å²) in [5.41, 5.74) is 6.40. The van der Waals surface area contributed by atoms with Gasteiger partial charge in [-0.05, 0) is 48.4 Å². The van der Waals surface area contributed by atoms with E-state index in [0.29, 0.717) is 37.5 Å². The molecule has 0 unspecified atom stereocenters. The number of nitrogens with zero attached hydrogens (tertiary/aromatic N) is 5. The molecular weight excluding hydrogens is 528 g/mol. The largest absolute Gasteiger partial charge is 0.447 e. The summed E-state index contributed by atoms with van der Waals surface area (Å²) in [7, 11) is 0. The molecule has 0 saturated carbocycles. The summed E-state index contributed by atoms with van der Waals surface area (Å²) in [6.45, 7) is 4.62. The summed E-state index contributed by atoms with van der Waals surface area (Å²) in [6, 6.07) is 17.7. The van der Waals surface area contributed by atoms with Gasteiger partial charge in [0.05, 0.1) is 25.3 Å². The van der Waals surface area contributed by atoms with Crippen molar-refractivity contribution in [1.82, 2.24) is 35.7 Å². The van der Waals surface area contributed by atoms with Crippen LogP contribution in [0.3, 0.4) is 0 Å². The van der Waals surface area contributed by atoms with Crippen molar-refractivity contribution in [3.8, 4) is 0 Å². The second kappa shape index (κ2) is 13.8. The first-order valence-electron chi connectivity index (χ1n) is 13.5. The van der Waals surface area contributed by atoms with Crippen LogP contribution in [-0.4, -0.2) is 80.9 Å². The highest BCUT2D eigenvalue weighted by Crippen LogP contribution is 2.15. The van der Waals surface area contributed by atoms with Crippen molar-refractivity contribution in [2.45, 2.75) is 51.0 Å². The van der Waals surface area contributed by atoms with Gasteiger partial charge in [-0.1, -0.05) is 48.5 Å². The van der Waals surface area contributed by atoms with Crippen molar-refractivity contribution >= 4 is 17.9 Å². The van der Waals surface area contributed by atoms with E-state index in [2.05, 4.69) is 26.2 Å². The van der Waals surface area contributed by atoms with Gasteiger partial charge >= 0.3 is 6.09 Å². The molecule has 218 valence electrons. The summed E-state index contributed by atoms with van der Waals surface area (Å²) in [4.78, 5) is 39.3. The highest BCUT2D eigenvalue weighted by molar-refractivity contribution is 5.94. The predicted octanol–water partition coefficient (Wildman–Crippen LogP) is 1.43. The van der Waals surface area contributed by atoms with Gasteiger partial charge < -0.3 is 30.7 Å². The third-order valence-electron chi connectivity index (χ3n) is 6.50. The minimum atomic E-state index is -1.13. The van der Waals surface area contributed by atoms with E-state index in [-0.39, 0.29) is 31.7 Å². The molecule has 4 rings (SSSR count). The van der Waals surface area contributed by atoms with E-state index < -0.39 is 23.6 Å². The second-order valence-corrected chi connectivity index (χ2v) is 10.4. The third kappa shape index (κ3) is 8.56. The van der Waals surface area contributed by atoms with Crippen LogP contribution in [0.2, 0.25) is 0 Å². The lowest BCUT2D eigenvalue weighted by atomic mass is 10.1. The smallest absolute Gasteiger partial charge is 0.409 e. The number of benzene rings is 2. The first-order valence-corrected chi connectivity index (χ1v) is 13.5. The quantitative estimate of drug-likeness (QED) is 0.295. The van der Waals surface area contributed by atoms with E-state index in [0.717, 1.165) is 5.56 Å². The van der Waals surface area contributed by atoms with Gasteiger partial charge in [0.2, 0.25) is 5.91 Å². The zero-order valence-electron chi connectivity index (χ0n) is 23.2. The average Bonchev–Trinajstić information content (AvgIpc) is 3.63. The fourth-order valence-corrected chi connectivity index (χ4v) is 4.23. The Morgan fingerprint density at radius 3 is 2.51 bits per heavy atom. The third-order valence-corrected chi connectivity index (χ3v) is 6.50. The highest BCUT2D eigenvalue weighted by Gasteiger charge is 2.30. The molecule has 3 amide bonds.